The number of hydrogen-bond acceptors (Lipinski definition) is 7. The largest absolute Gasteiger partial charge is 0.440 e. The van der Waals surface area contributed by atoms with Crippen molar-refractivity contribution < 1.29 is 23.8 Å². The van der Waals surface area contributed by atoms with Crippen LogP contribution in [0.25, 0.3) is 11.0 Å². The number of fused-ring (bicyclic) bond motifs is 1. The summed E-state index contributed by atoms with van der Waals surface area (Å²) in [4.78, 5) is 25.6. The lowest BCUT2D eigenvalue weighted by molar-refractivity contribution is -0.131. The van der Waals surface area contributed by atoms with Crippen molar-refractivity contribution in [3.05, 3.63) is 34.0 Å². The molecule has 7 nitrogen and oxygen atoms in total. The molecule has 24 heavy (non-hydrogen) atoms. The van der Waals surface area contributed by atoms with E-state index in [-0.39, 0.29) is 16.6 Å². The maximum Gasteiger partial charge on any atom is 0.308 e. The predicted molar refractivity (Wildman–Crippen MR) is 87.5 cm³/mol. The van der Waals surface area contributed by atoms with Crippen LogP contribution in [0.3, 0.4) is 0 Å². The molecular formula is C17H19NO6. The highest BCUT2D eigenvalue weighted by Gasteiger charge is 2.19. The third kappa shape index (κ3) is 3.27. The second kappa shape index (κ2) is 6.62. The molecule has 1 fully saturated rings. The predicted octanol–water partition coefficient (Wildman–Crippen LogP) is 1.61. The molecule has 1 saturated heterocycles. The number of benzene rings is 1. The number of ether oxygens (including phenoxy) is 2. The minimum Gasteiger partial charge on any atom is -0.440 e. The fourth-order valence-corrected chi connectivity index (χ4v) is 2.72. The van der Waals surface area contributed by atoms with E-state index in [1.807, 2.05) is 4.90 Å². The Balaban J connectivity index is 2.16. The van der Waals surface area contributed by atoms with Crippen LogP contribution in [-0.2, 0) is 9.53 Å². The number of hydrogen-bond donors (Lipinski definition) is 1. The number of esters is 1. The van der Waals surface area contributed by atoms with Crippen molar-refractivity contribution in [2.24, 2.45) is 0 Å². The Hall–Kier alpha value is -2.38. The van der Waals surface area contributed by atoms with Crippen molar-refractivity contribution >= 4 is 22.8 Å². The summed E-state index contributed by atoms with van der Waals surface area (Å²) in [6, 6.07) is 4.38. The number of anilines is 1. The number of carbonyl (C=O) groups excluding carboxylic acids is 1. The average Bonchev–Trinajstić information content (AvgIpc) is 2.54. The van der Waals surface area contributed by atoms with Crippen molar-refractivity contribution in [3.8, 4) is 5.75 Å². The van der Waals surface area contributed by atoms with E-state index in [1.165, 1.54) is 25.1 Å². The fraction of sp³-hybridized carbons (Fsp3) is 0.412. The van der Waals surface area contributed by atoms with E-state index in [0.717, 1.165) is 0 Å². The normalized spacial score (nSPS) is 16.2. The standard InChI is InChI=1S/C17H19NO6/c1-10(19)13-7-12(23-11(2)20)8-14-15(21)9-16(24-17(13)14)18-3-5-22-6-4-18/h7-10,19H,3-6H2,1-2H3. The first-order valence-electron chi connectivity index (χ1n) is 7.76. The third-order valence-corrected chi connectivity index (χ3v) is 3.85. The zero-order chi connectivity index (χ0) is 17.3. The number of rotatable bonds is 3. The fourth-order valence-electron chi connectivity index (χ4n) is 2.72. The van der Waals surface area contributed by atoms with Gasteiger partial charge in [-0.15, -0.1) is 0 Å². The summed E-state index contributed by atoms with van der Waals surface area (Å²) in [5, 5.41) is 10.3. The van der Waals surface area contributed by atoms with Gasteiger partial charge in [0.05, 0.1) is 24.7 Å². The van der Waals surface area contributed by atoms with Gasteiger partial charge < -0.3 is 23.9 Å². The Bertz CT molecular complexity index is 820. The molecule has 0 spiro atoms. The minimum absolute atomic E-state index is 0.206. The molecule has 0 aliphatic carbocycles. The van der Waals surface area contributed by atoms with Crippen molar-refractivity contribution in [2.45, 2.75) is 20.0 Å². The molecule has 1 N–H and O–H groups in total. The van der Waals surface area contributed by atoms with Crippen LogP contribution in [-0.4, -0.2) is 37.4 Å². The van der Waals surface area contributed by atoms with Gasteiger partial charge in [-0.2, -0.15) is 0 Å². The summed E-state index contributed by atoms with van der Waals surface area (Å²) >= 11 is 0. The highest BCUT2D eigenvalue weighted by Crippen LogP contribution is 2.31. The first kappa shape index (κ1) is 16.5. The number of morpholine rings is 1. The van der Waals surface area contributed by atoms with Gasteiger partial charge in [0.15, 0.2) is 11.3 Å². The zero-order valence-corrected chi connectivity index (χ0v) is 13.6. The number of aliphatic hydroxyl groups excluding tert-OH is 1. The molecule has 1 atom stereocenters. The van der Waals surface area contributed by atoms with Crippen LogP contribution in [0.15, 0.2) is 27.4 Å². The molecule has 1 aromatic heterocycles. The van der Waals surface area contributed by atoms with Crippen LogP contribution in [0.4, 0.5) is 5.88 Å². The van der Waals surface area contributed by atoms with Crippen molar-refractivity contribution in [1.29, 1.82) is 0 Å². The third-order valence-electron chi connectivity index (χ3n) is 3.85. The quantitative estimate of drug-likeness (QED) is 0.674. The van der Waals surface area contributed by atoms with Gasteiger partial charge in [-0.25, -0.2) is 0 Å². The van der Waals surface area contributed by atoms with Crippen molar-refractivity contribution in [2.75, 3.05) is 31.2 Å². The Labute approximate surface area is 138 Å². The molecule has 0 radical (unpaired) electrons. The minimum atomic E-state index is -0.883. The molecule has 1 aromatic carbocycles. The molecule has 0 bridgehead atoms. The molecular weight excluding hydrogens is 314 g/mol. The van der Waals surface area contributed by atoms with Crippen LogP contribution in [0.5, 0.6) is 5.75 Å². The van der Waals surface area contributed by atoms with E-state index >= 15 is 0 Å². The van der Waals surface area contributed by atoms with Gasteiger partial charge in [-0.05, 0) is 19.1 Å². The van der Waals surface area contributed by atoms with E-state index in [4.69, 9.17) is 13.9 Å². The summed E-state index contributed by atoms with van der Waals surface area (Å²) in [5.74, 6) is 0.149. The molecule has 2 aromatic rings. The molecule has 128 valence electrons. The van der Waals surface area contributed by atoms with Gasteiger partial charge in [0.1, 0.15) is 11.3 Å². The molecule has 2 heterocycles. The number of aliphatic hydroxyl groups is 1. The molecule has 1 aliphatic rings. The van der Waals surface area contributed by atoms with Crippen LogP contribution < -0.4 is 15.1 Å². The SMILES string of the molecule is CC(=O)Oc1cc(C(C)O)c2oc(N3CCOCC3)cc(=O)c2c1. The topological polar surface area (TPSA) is 89.2 Å². The first-order chi connectivity index (χ1) is 11.5. The smallest absolute Gasteiger partial charge is 0.308 e. The lowest BCUT2D eigenvalue weighted by Crippen LogP contribution is -2.36. The molecule has 0 amide bonds. The molecule has 0 saturated carbocycles. The monoisotopic (exact) mass is 333 g/mol. The van der Waals surface area contributed by atoms with Crippen LogP contribution in [0, 0.1) is 0 Å². The van der Waals surface area contributed by atoms with Crippen LogP contribution in [0.2, 0.25) is 0 Å². The Morgan fingerprint density at radius 2 is 2.00 bits per heavy atom. The summed E-state index contributed by atoms with van der Waals surface area (Å²) in [6.07, 6.45) is -0.883. The van der Waals surface area contributed by atoms with Crippen molar-refractivity contribution in [1.82, 2.24) is 0 Å². The van der Waals surface area contributed by atoms with Gasteiger partial charge >= 0.3 is 5.97 Å². The maximum absolute atomic E-state index is 12.5. The highest BCUT2D eigenvalue weighted by molar-refractivity contribution is 5.84. The van der Waals surface area contributed by atoms with E-state index in [9.17, 15) is 14.7 Å². The second-order valence-electron chi connectivity index (χ2n) is 5.71. The van der Waals surface area contributed by atoms with Crippen LogP contribution >= 0.6 is 0 Å². The molecule has 1 unspecified atom stereocenters. The number of carbonyl (C=O) groups is 1. The van der Waals surface area contributed by atoms with E-state index in [2.05, 4.69) is 0 Å². The molecule has 3 rings (SSSR count). The average molecular weight is 333 g/mol. The van der Waals surface area contributed by atoms with E-state index in [0.29, 0.717) is 43.3 Å². The lowest BCUT2D eigenvalue weighted by atomic mass is 10.1. The van der Waals surface area contributed by atoms with Gasteiger partial charge in [-0.1, -0.05) is 0 Å². The van der Waals surface area contributed by atoms with E-state index in [1.54, 1.807) is 6.92 Å². The Morgan fingerprint density at radius 1 is 1.29 bits per heavy atom. The van der Waals surface area contributed by atoms with Gasteiger partial charge in [0.25, 0.3) is 0 Å². The Kier molecular flexibility index (Phi) is 4.55. The number of nitrogens with zero attached hydrogens (tertiary/aromatic N) is 1. The summed E-state index contributed by atoms with van der Waals surface area (Å²) in [7, 11) is 0. The second-order valence-corrected chi connectivity index (χ2v) is 5.71. The highest BCUT2D eigenvalue weighted by atomic mass is 16.5. The van der Waals surface area contributed by atoms with Gasteiger partial charge in [-0.3, -0.25) is 9.59 Å². The zero-order valence-electron chi connectivity index (χ0n) is 13.6. The summed E-state index contributed by atoms with van der Waals surface area (Å²) in [6.45, 7) is 5.23. The lowest BCUT2D eigenvalue weighted by Gasteiger charge is -2.27. The molecule has 1 aliphatic heterocycles. The van der Waals surface area contributed by atoms with E-state index < -0.39 is 12.1 Å². The van der Waals surface area contributed by atoms with Crippen LogP contribution in [0.1, 0.15) is 25.5 Å². The summed E-state index contributed by atoms with van der Waals surface area (Å²) in [5.41, 5.74) is 0.444. The first-order valence-corrected chi connectivity index (χ1v) is 7.76. The summed E-state index contributed by atoms with van der Waals surface area (Å²) < 4.78 is 16.3. The van der Waals surface area contributed by atoms with Gasteiger partial charge in [0.2, 0.25) is 0 Å². The van der Waals surface area contributed by atoms with Crippen molar-refractivity contribution in [3.63, 3.8) is 0 Å². The molecule has 7 heteroatoms. The maximum atomic E-state index is 12.5. The Morgan fingerprint density at radius 3 is 2.62 bits per heavy atom. The van der Waals surface area contributed by atoms with Gasteiger partial charge in [0, 0.05) is 31.6 Å².